The van der Waals surface area contributed by atoms with Gasteiger partial charge in [-0.3, -0.25) is 9.35 Å². The summed E-state index contributed by atoms with van der Waals surface area (Å²) in [5, 5.41) is 8.66. The molecule has 0 saturated heterocycles. The predicted molar refractivity (Wildman–Crippen MR) is 98.9 cm³/mol. The maximum Gasteiger partial charge on any atom is 0.303 e. The Morgan fingerprint density at radius 1 is 1.20 bits per heavy atom. The smallest absolute Gasteiger partial charge is 0.303 e. The van der Waals surface area contributed by atoms with Gasteiger partial charge in [-0.1, -0.05) is 27.2 Å². The van der Waals surface area contributed by atoms with Crippen LogP contribution in [-0.2, 0) is 20.3 Å². The first-order chi connectivity index (χ1) is 11.5. The number of hydrogen-bond donors (Lipinski definition) is 2. The minimum absolute atomic E-state index is 0.0948. The Balaban J connectivity index is 2.99. The zero-order chi connectivity index (χ0) is 19.3. The van der Waals surface area contributed by atoms with Crippen LogP contribution in [0.5, 0.6) is 0 Å². The SMILES string of the molecule is CCC(C)(C)c1cc(S(=O)(=O)O)ccc1N(C)CCCCCC(=O)O. The number of benzene rings is 1. The topological polar surface area (TPSA) is 94.9 Å². The van der Waals surface area contributed by atoms with E-state index in [1.807, 2.05) is 27.8 Å². The van der Waals surface area contributed by atoms with Gasteiger partial charge < -0.3 is 10.0 Å². The molecular weight excluding hydrogens is 342 g/mol. The van der Waals surface area contributed by atoms with Crippen LogP contribution in [0.1, 0.15) is 58.4 Å². The minimum atomic E-state index is -4.24. The molecule has 25 heavy (non-hydrogen) atoms. The molecule has 0 aromatic heterocycles. The van der Waals surface area contributed by atoms with E-state index in [2.05, 4.69) is 4.90 Å². The van der Waals surface area contributed by atoms with Crippen molar-refractivity contribution in [2.75, 3.05) is 18.5 Å². The number of rotatable bonds is 10. The van der Waals surface area contributed by atoms with Gasteiger partial charge in [-0.05, 0) is 48.4 Å². The molecule has 0 fully saturated rings. The monoisotopic (exact) mass is 371 g/mol. The van der Waals surface area contributed by atoms with E-state index in [9.17, 15) is 17.8 Å². The molecule has 0 aliphatic rings. The standard InChI is InChI=1S/C18H29NO5S/c1-5-18(2,3)15-13-14(25(22,23)24)10-11-16(15)19(4)12-8-6-7-9-17(20)21/h10-11,13H,5-9,12H2,1-4H3,(H,20,21)(H,22,23,24). The second-order valence-electron chi connectivity index (χ2n) is 7.02. The van der Waals surface area contributed by atoms with Gasteiger partial charge in [0, 0.05) is 25.7 Å². The molecule has 0 atom stereocenters. The average Bonchev–Trinajstić information content (AvgIpc) is 2.52. The Morgan fingerprint density at radius 3 is 2.36 bits per heavy atom. The largest absolute Gasteiger partial charge is 0.481 e. The Morgan fingerprint density at radius 2 is 1.84 bits per heavy atom. The lowest BCUT2D eigenvalue weighted by atomic mass is 9.81. The van der Waals surface area contributed by atoms with Crippen molar-refractivity contribution in [3.8, 4) is 0 Å². The van der Waals surface area contributed by atoms with E-state index in [-0.39, 0.29) is 16.7 Å². The lowest BCUT2D eigenvalue weighted by Crippen LogP contribution is -2.25. The molecule has 0 aliphatic carbocycles. The van der Waals surface area contributed by atoms with Gasteiger partial charge in [0.25, 0.3) is 10.1 Å². The highest BCUT2D eigenvalue weighted by molar-refractivity contribution is 7.85. The zero-order valence-corrected chi connectivity index (χ0v) is 16.3. The molecule has 0 aliphatic heterocycles. The summed E-state index contributed by atoms with van der Waals surface area (Å²) in [7, 11) is -2.30. The van der Waals surface area contributed by atoms with Gasteiger partial charge in [0.2, 0.25) is 0 Å². The van der Waals surface area contributed by atoms with E-state index in [1.165, 1.54) is 6.07 Å². The summed E-state index contributed by atoms with van der Waals surface area (Å²) >= 11 is 0. The van der Waals surface area contributed by atoms with Crippen LogP contribution >= 0.6 is 0 Å². The van der Waals surface area contributed by atoms with Crippen molar-refractivity contribution in [1.29, 1.82) is 0 Å². The molecule has 0 saturated carbocycles. The highest BCUT2D eigenvalue weighted by atomic mass is 32.2. The van der Waals surface area contributed by atoms with Crippen molar-refractivity contribution in [2.24, 2.45) is 0 Å². The molecule has 142 valence electrons. The molecule has 0 radical (unpaired) electrons. The van der Waals surface area contributed by atoms with Crippen molar-refractivity contribution in [2.45, 2.75) is 63.2 Å². The van der Waals surface area contributed by atoms with Crippen LogP contribution in [0.15, 0.2) is 23.1 Å². The van der Waals surface area contributed by atoms with E-state index >= 15 is 0 Å². The summed E-state index contributed by atoms with van der Waals surface area (Å²) in [4.78, 5) is 12.5. The van der Waals surface area contributed by atoms with Gasteiger partial charge in [-0.25, -0.2) is 0 Å². The van der Waals surface area contributed by atoms with Crippen LogP contribution in [-0.4, -0.2) is 37.6 Å². The zero-order valence-electron chi connectivity index (χ0n) is 15.4. The molecule has 0 amide bonds. The molecule has 0 bridgehead atoms. The molecule has 2 N–H and O–H groups in total. The van der Waals surface area contributed by atoms with E-state index in [0.717, 1.165) is 37.1 Å². The van der Waals surface area contributed by atoms with Gasteiger partial charge >= 0.3 is 5.97 Å². The molecule has 0 heterocycles. The average molecular weight is 371 g/mol. The Kier molecular flexibility index (Phi) is 7.44. The number of carboxylic acid groups (broad SMARTS) is 1. The third-order valence-electron chi connectivity index (χ3n) is 4.67. The summed E-state index contributed by atoms with van der Waals surface area (Å²) in [5.74, 6) is -0.777. The van der Waals surface area contributed by atoms with E-state index in [4.69, 9.17) is 5.11 Å². The maximum absolute atomic E-state index is 11.5. The van der Waals surface area contributed by atoms with Crippen LogP contribution in [0.4, 0.5) is 5.69 Å². The number of hydrogen-bond acceptors (Lipinski definition) is 4. The molecule has 1 aromatic rings. The summed E-state index contributed by atoms with van der Waals surface area (Å²) in [6.07, 6.45) is 3.34. The molecule has 1 rings (SSSR count). The Bertz CT molecular complexity index is 697. The highest BCUT2D eigenvalue weighted by Crippen LogP contribution is 2.36. The number of carboxylic acids is 1. The second kappa shape index (κ2) is 8.67. The van der Waals surface area contributed by atoms with Gasteiger partial charge in [0.05, 0.1) is 4.90 Å². The van der Waals surface area contributed by atoms with Gasteiger partial charge in [-0.2, -0.15) is 8.42 Å². The van der Waals surface area contributed by atoms with Gasteiger partial charge in [-0.15, -0.1) is 0 Å². The third-order valence-corrected chi connectivity index (χ3v) is 5.52. The van der Waals surface area contributed by atoms with Crippen LogP contribution in [0.3, 0.4) is 0 Å². The lowest BCUT2D eigenvalue weighted by molar-refractivity contribution is -0.137. The van der Waals surface area contributed by atoms with Crippen molar-refractivity contribution in [3.05, 3.63) is 23.8 Å². The summed E-state index contributed by atoms with van der Waals surface area (Å²) in [6, 6.07) is 4.70. The van der Waals surface area contributed by atoms with Crippen LogP contribution in [0.25, 0.3) is 0 Å². The lowest BCUT2D eigenvalue weighted by Gasteiger charge is -2.31. The first-order valence-corrected chi connectivity index (χ1v) is 9.98. The molecule has 1 aromatic carbocycles. The summed E-state index contributed by atoms with van der Waals surface area (Å²) in [6.45, 7) is 6.87. The number of anilines is 1. The van der Waals surface area contributed by atoms with Crippen molar-refractivity contribution >= 4 is 21.8 Å². The summed E-state index contributed by atoms with van der Waals surface area (Å²) in [5.41, 5.74) is 1.56. The molecule has 7 heteroatoms. The van der Waals surface area contributed by atoms with E-state index in [1.54, 1.807) is 12.1 Å². The fourth-order valence-electron chi connectivity index (χ4n) is 2.66. The van der Waals surface area contributed by atoms with E-state index in [0.29, 0.717) is 6.42 Å². The number of nitrogens with zero attached hydrogens (tertiary/aromatic N) is 1. The summed E-state index contributed by atoms with van der Waals surface area (Å²) < 4.78 is 32.3. The Hall–Kier alpha value is -1.60. The fourth-order valence-corrected chi connectivity index (χ4v) is 3.17. The van der Waals surface area contributed by atoms with Gasteiger partial charge in [0.1, 0.15) is 0 Å². The van der Waals surface area contributed by atoms with Crippen molar-refractivity contribution < 1.29 is 22.9 Å². The van der Waals surface area contributed by atoms with Crippen LogP contribution < -0.4 is 4.90 Å². The molecule has 0 unspecified atom stereocenters. The molecule has 0 spiro atoms. The second-order valence-corrected chi connectivity index (χ2v) is 8.44. The van der Waals surface area contributed by atoms with Crippen LogP contribution in [0.2, 0.25) is 0 Å². The maximum atomic E-state index is 11.5. The normalized spacial score (nSPS) is 12.2. The first kappa shape index (κ1) is 21.4. The number of unbranched alkanes of at least 4 members (excludes halogenated alkanes) is 2. The fraction of sp³-hybridized carbons (Fsp3) is 0.611. The predicted octanol–water partition coefficient (Wildman–Crippen LogP) is 3.70. The van der Waals surface area contributed by atoms with Crippen LogP contribution in [0, 0.1) is 0 Å². The van der Waals surface area contributed by atoms with E-state index < -0.39 is 16.1 Å². The van der Waals surface area contributed by atoms with Crippen molar-refractivity contribution in [3.63, 3.8) is 0 Å². The van der Waals surface area contributed by atoms with Gasteiger partial charge in [0.15, 0.2) is 0 Å². The minimum Gasteiger partial charge on any atom is -0.481 e. The third kappa shape index (κ3) is 6.32. The Labute approximate surface area is 150 Å². The molecule has 6 nitrogen and oxygen atoms in total. The first-order valence-electron chi connectivity index (χ1n) is 8.54. The molecular formula is C18H29NO5S. The number of aliphatic carboxylic acids is 1. The van der Waals surface area contributed by atoms with Crippen molar-refractivity contribution in [1.82, 2.24) is 0 Å². The quantitative estimate of drug-likeness (QED) is 0.481. The number of carbonyl (C=O) groups is 1. The highest BCUT2D eigenvalue weighted by Gasteiger charge is 2.25.